The van der Waals surface area contributed by atoms with Crippen LogP contribution in [0.5, 0.6) is 0 Å². The van der Waals surface area contributed by atoms with Gasteiger partial charge in [-0.1, -0.05) is 78.4 Å². The quantitative estimate of drug-likeness (QED) is 0.277. The lowest BCUT2D eigenvalue weighted by Gasteiger charge is -2.23. The summed E-state index contributed by atoms with van der Waals surface area (Å²) >= 11 is 0. The van der Waals surface area contributed by atoms with Gasteiger partial charge in [-0.05, 0) is 43.4 Å². The first-order chi connectivity index (χ1) is 11.0. The van der Waals surface area contributed by atoms with Crippen molar-refractivity contribution in [2.45, 2.75) is 105 Å². The number of carbonyl (C=O) groups excluding carboxylic acids is 1. The summed E-state index contributed by atoms with van der Waals surface area (Å²) in [5, 5.41) is 0. The fourth-order valence-electron chi connectivity index (χ4n) is 3.64. The van der Waals surface area contributed by atoms with Crippen molar-refractivity contribution in [3.63, 3.8) is 0 Å². The average Bonchev–Trinajstić information content (AvgIpc) is 2.88. The minimum absolute atomic E-state index is 0.326. The van der Waals surface area contributed by atoms with Gasteiger partial charge in [0.05, 0.1) is 0 Å². The minimum Gasteiger partial charge on any atom is -0.299 e. The van der Waals surface area contributed by atoms with Crippen LogP contribution in [-0.2, 0) is 4.79 Å². The van der Waals surface area contributed by atoms with E-state index in [0.717, 1.165) is 19.3 Å². The Hall–Kier alpha value is -0.590. The van der Waals surface area contributed by atoms with E-state index in [1.54, 1.807) is 0 Å². The van der Waals surface area contributed by atoms with Crippen molar-refractivity contribution in [2.24, 2.45) is 17.3 Å². The van der Waals surface area contributed by atoms with Gasteiger partial charge in [0.15, 0.2) is 0 Å². The number of ketones is 1. The molecule has 2 atom stereocenters. The summed E-state index contributed by atoms with van der Waals surface area (Å²) in [6.45, 7) is 9.25. The van der Waals surface area contributed by atoms with Gasteiger partial charge in [0.1, 0.15) is 5.78 Å². The molecule has 0 radical (unpaired) electrons. The monoisotopic (exact) mass is 320 g/mol. The summed E-state index contributed by atoms with van der Waals surface area (Å²) < 4.78 is 0. The number of rotatable bonds is 12. The first-order valence-electron chi connectivity index (χ1n) is 10.2. The van der Waals surface area contributed by atoms with Crippen molar-refractivity contribution in [1.82, 2.24) is 0 Å². The molecule has 1 aliphatic rings. The molecular weight excluding hydrogens is 280 g/mol. The largest absolute Gasteiger partial charge is 0.299 e. The van der Waals surface area contributed by atoms with Crippen LogP contribution < -0.4 is 0 Å². The van der Waals surface area contributed by atoms with E-state index in [2.05, 4.69) is 39.8 Å². The van der Waals surface area contributed by atoms with Gasteiger partial charge in [0.2, 0.25) is 0 Å². The third kappa shape index (κ3) is 8.18. The molecule has 1 fully saturated rings. The van der Waals surface area contributed by atoms with Crippen molar-refractivity contribution < 1.29 is 4.79 Å². The second-order valence-electron chi connectivity index (χ2n) is 8.32. The summed E-state index contributed by atoms with van der Waals surface area (Å²) in [5.74, 6) is 1.39. The van der Waals surface area contributed by atoms with Crippen molar-refractivity contribution in [3.8, 4) is 0 Å². The summed E-state index contributed by atoms with van der Waals surface area (Å²) in [7, 11) is 0. The molecule has 0 N–H and O–H groups in total. The highest BCUT2D eigenvalue weighted by Gasteiger charge is 2.32. The molecule has 0 saturated heterocycles. The Bertz CT molecular complexity index is 353. The molecule has 0 aromatic heterocycles. The number of hydrogen-bond acceptors (Lipinski definition) is 1. The summed E-state index contributed by atoms with van der Waals surface area (Å²) in [6.07, 6.45) is 19.3. The molecule has 0 aromatic rings. The maximum atomic E-state index is 12.2. The molecule has 23 heavy (non-hydrogen) atoms. The highest BCUT2D eigenvalue weighted by Crippen LogP contribution is 2.35. The van der Waals surface area contributed by atoms with Gasteiger partial charge in [0, 0.05) is 12.3 Å². The van der Waals surface area contributed by atoms with E-state index < -0.39 is 0 Å². The predicted octanol–water partition coefficient (Wildman–Crippen LogP) is 7.10. The van der Waals surface area contributed by atoms with Crippen molar-refractivity contribution in [1.29, 1.82) is 0 Å². The third-order valence-corrected chi connectivity index (χ3v) is 5.84. The Morgan fingerprint density at radius 1 is 1.09 bits per heavy atom. The summed E-state index contributed by atoms with van der Waals surface area (Å²) in [4.78, 5) is 12.2. The molecule has 0 spiro atoms. The van der Waals surface area contributed by atoms with Crippen LogP contribution in [0.15, 0.2) is 12.2 Å². The molecule has 1 rings (SSSR count). The standard InChI is InChI=1S/C22H40O/c1-5-7-8-9-10-11-14-19-16-17-21(23)20(19)15-12-13-18-22(3,4)6-2/h11,14,19-20H,5-10,12-13,15-18H2,1-4H3/t19-,20+/m0/s1. The van der Waals surface area contributed by atoms with E-state index in [1.165, 1.54) is 57.8 Å². The first-order valence-corrected chi connectivity index (χ1v) is 10.2. The van der Waals surface area contributed by atoms with Crippen LogP contribution in [0, 0.1) is 17.3 Å². The normalized spacial score (nSPS) is 22.3. The van der Waals surface area contributed by atoms with Crippen LogP contribution in [0.25, 0.3) is 0 Å². The molecule has 1 heteroatoms. The maximum Gasteiger partial charge on any atom is 0.136 e. The van der Waals surface area contributed by atoms with Gasteiger partial charge in [-0.15, -0.1) is 0 Å². The van der Waals surface area contributed by atoms with Crippen LogP contribution >= 0.6 is 0 Å². The molecule has 0 aliphatic heterocycles. The molecule has 0 unspecified atom stereocenters. The Labute approximate surface area is 145 Å². The zero-order chi connectivity index (χ0) is 17.1. The Morgan fingerprint density at radius 3 is 2.57 bits per heavy atom. The Balaban J connectivity index is 2.28. The smallest absolute Gasteiger partial charge is 0.136 e. The highest BCUT2D eigenvalue weighted by molar-refractivity contribution is 5.83. The van der Waals surface area contributed by atoms with Crippen LogP contribution in [0.2, 0.25) is 0 Å². The van der Waals surface area contributed by atoms with E-state index in [0.29, 0.717) is 23.0 Å². The average molecular weight is 321 g/mol. The lowest BCUT2D eigenvalue weighted by Crippen LogP contribution is -2.14. The Morgan fingerprint density at radius 2 is 1.87 bits per heavy atom. The molecule has 1 saturated carbocycles. The third-order valence-electron chi connectivity index (χ3n) is 5.84. The number of carbonyl (C=O) groups is 1. The fraction of sp³-hybridized carbons (Fsp3) is 0.864. The van der Waals surface area contributed by atoms with Gasteiger partial charge >= 0.3 is 0 Å². The van der Waals surface area contributed by atoms with Gasteiger partial charge < -0.3 is 0 Å². The van der Waals surface area contributed by atoms with Crippen molar-refractivity contribution >= 4 is 5.78 Å². The lowest BCUT2D eigenvalue weighted by molar-refractivity contribution is -0.121. The van der Waals surface area contributed by atoms with Gasteiger partial charge in [-0.25, -0.2) is 0 Å². The van der Waals surface area contributed by atoms with Gasteiger partial charge in [-0.2, -0.15) is 0 Å². The number of allylic oxidation sites excluding steroid dienone is 2. The maximum absolute atomic E-state index is 12.2. The summed E-state index contributed by atoms with van der Waals surface area (Å²) in [5.41, 5.74) is 0.470. The molecular formula is C22H40O. The van der Waals surface area contributed by atoms with E-state index in [1.807, 2.05) is 0 Å². The highest BCUT2D eigenvalue weighted by atomic mass is 16.1. The topological polar surface area (TPSA) is 17.1 Å². The van der Waals surface area contributed by atoms with Gasteiger partial charge in [0.25, 0.3) is 0 Å². The van der Waals surface area contributed by atoms with Crippen LogP contribution in [0.3, 0.4) is 0 Å². The number of unbranched alkanes of at least 4 members (excludes halogenated alkanes) is 5. The Kier molecular flexibility index (Phi) is 9.83. The zero-order valence-electron chi connectivity index (χ0n) is 16.2. The molecule has 0 amide bonds. The fourth-order valence-corrected chi connectivity index (χ4v) is 3.64. The van der Waals surface area contributed by atoms with Crippen molar-refractivity contribution in [3.05, 3.63) is 12.2 Å². The molecule has 0 aromatic carbocycles. The SMILES string of the molecule is CCCCCCC=C[C@H]1CCC(=O)[C@@H]1CCCCC(C)(C)CC. The van der Waals surface area contributed by atoms with E-state index in [9.17, 15) is 4.79 Å². The minimum atomic E-state index is 0.326. The predicted molar refractivity (Wildman–Crippen MR) is 102 cm³/mol. The molecule has 1 aliphatic carbocycles. The second-order valence-corrected chi connectivity index (χ2v) is 8.32. The second kappa shape index (κ2) is 11.0. The molecule has 0 bridgehead atoms. The van der Waals surface area contributed by atoms with Crippen LogP contribution in [-0.4, -0.2) is 5.78 Å². The van der Waals surface area contributed by atoms with Gasteiger partial charge in [-0.3, -0.25) is 4.79 Å². The lowest BCUT2D eigenvalue weighted by atomic mass is 9.83. The van der Waals surface area contributed by atoms with E-state index >= 15 is 0 Å². The molecule has 134 valence electrons. The first kappa shape index (κ1) is 20.5. The van der Waals surface area contributed by atoms with Crippen molar-refractivity contribution in [2.75, 3.05) is 0 Å². The van der Waals surface area contributed by atoms with E-state index in [-0.39, 0.29) is 0 Å². The van der Waals surface area contributed by atoms with Crippen LogP contribution in [0.1, 0.15) is 105 Å². The summed E-state index contributed by atoms with van der Waals surface area (Å²) in [6, 6.07) is 0. The van der Waals surface area contributed by atoms with Crippen LogP contribution in [0.4, 0.5) is 0 Å². The zero-order valence-corrected chi connectivity index (χ0v) is 16.2. The number of hydrogen-bond donors (Lipinski definition) is 0. The van der Waals surface area contributed by atoms with E-state index in [4.69, 9.17) is 0 Å². The molecule has 0 heterocycles. The number of Topliss-reactive ketones (excluding diaryl/α,β-unsaturated/α-hetero) is 1. The molecule has 1 nitrogen and oxygen atoms in total.